The number of aromatic amines is 1. The molecule has 2 N–H and O–H groups in total. The molecule has 31 heavy (non-hydrogen) atoms. The third-order valence-electron chi connectivity index (χ3n) is 5.34. The van der Waals surface area contributed by atoms with Crippen molar-refractivity contribution >= 4 is 33.0 Å². The van der Waals surface area contributed by atoms with Crippen LogP contribution in [0, 0.1) is 20.8 Å². The largest absolute Gasteiger partial charge is 0.320 e. The van der Waals surface area contributed by atoms with Gasteiger partial charge in [-0.2, -0.15) is 9.40 Å². The Kier molecular flexibility index (Phi) is 5.91. The Morgan fingerprint density at radius 3 is 2.61 bits per heavy atom. The molecule has 164 valence electrons. The number of nitrogens with zero attached hydrogens (tertiary/aromatic N) is 4. The zero-order chi connectivity index (χ0) is 22.2. The second-order valence-corrected chi connectivity index (χ2v) is 10.6. The Hall–Kier alpha value is -2.63. The summed E-state index contributed by atoms with van der Waals surface area (Å²) in [5.41, 5.74) is 2.79. The van der Waals surface area contributed by atoms with Crippen LogP contribution < -0.4 is 5.32 Å². The third kappa shape index (κ3) is 4.39. The average molecular weight is 461 g/mol. The van der Waals surface area contributed by atoms with E-state index in [2.05, 4.69) is 25.7 Å². The standard InChI is InChI=1S/C20H24N6O3S2/c1-12-6-8-16(9-7-12)21-18(27)20-25-24-19(30-20)15-5-4-10-26(11-15)31(28,29)17-13(2)22-23-14(17)3/h6-9,15H,4-5,10-11H2,1-3H3,(H,21,27)(H,22,23)/t15-/m1/s1. The van der Waals surface area contributed by atoms with Crippen molar-refractivity contribution in [2.24, 2.45) is 0 Å². The Labute approximate surface area is 185 Å². The van der Waals surface area contributed by atoms with Gasteiger partial charge in [-0.3, -0.25) is 9.89 Å². The molecule has 0 radical (unpaired) electrons. The van der Waals surface area contributed by atoms with E-state index in [9.17, 15) is 13.2 Å². The van der Waals surface area contributed by atoms with Crippen LogP contribution in [0.25, 0.3) is 0 Å². The number of H-pyrrole nitrogens is 1. The summed E-state index contributed by atoms with van der Waals surface area (Å²) in [7, 11) is -3.66. The van der Waals surface area contributed by atoms with Crippen LogP contribution in [-0.4, -0.2) is 52.1 Å². The van der Waals surface area contributed by atoms with Crippen molar-refractivity contribution in [2.75, 3.05) is 18.4 Å². The lowest BCUT2D eigenvalue weighted by molar-refractivity contribution is 0.102. The number of benzene rings is 1. The minimum Gasteiger partial charge on any atom is -0.320 e. The first-order chi connectivity index (χ1) is 14.8. The predicted octanol–water partition coefficient (Wildman–Crippen LogP) is 3.01. The van der Waals surface area contributed by atoms with E-state index in [-0.39, 0.29) is 21.7 Å². The molecule has 0 aliphatic carbocycles. The second kappa shape index (κ2) is 8.48. The van der Waals surface area contributed by atoms with Crippen LogP contribution in [0.1, 0.15) is 50.5 Å². The summed E-state index contributed by atoms with van der Waals surface area (Å²) < 4.78 is 27.8. The molecule has 4 rings (SSSR count). The SMILES string of the molecule is Cc1ccc(NC(=O)c2nnc([C@@H]3CCCN(S(=O)(=O)c4c(C)n[nH]c4C)C3)s2)cc1. The van der Waals surface area contributed by atoms with E-state index in [1.54, 1.807) is 13.8 Å². The van der Waals surface area contributed by atoms with Gasteiger partial charge in [-0.15, -0.1) is 10.2 Å². The Morgan fingerprint density at radius 2 is 1.94 bits per heavy atom. The third-order valence-corrected chi connectivity index (χ3v) is 8.55. The van der Waals surface area contributed by atoms with Gasteiger partial charge >= 0.3 is 0 Å². The number of aromatic nitrogens is 4. The number of amides is 1. The second-order valence-electron chi connectivity index (χ2n) is 7.73. The van der Waals surface area contributed by atoms with Gasteiger partial charge < -0.3 is 5.32 Å². The van der Waals surface area contributed by atoms with Gasteiger partial charge in [-0.1, -0.05) is 29.0 Å². The number of nitrogens with one attached hydrogen (secondary N) is 2. The van der Waals surface area contributed by atoms with Crippen LogP contribution in [0.4, 0.5) is 5.69 Å². The lowest BCUT2D eigenvalue weighted by Crippen LogP contribution is -2.39. The fourth-order valence-electron chi connectivity index (χ4n) is 3.72. The molecule has 1 aromatic carbocycles. The Balaban J connectivity index is 1.49. The van der Waals surface area contributed by atoms with Crippen molar-refractivity contribution in [2.45, 2.75) is 44.4 Å². The summed E-state index contributed by atoms with van der Waals surface area (Å²) in [6.07, 6.45) is 1.51. The molecule has 11 heteroatoms. The van der Waals surface area contributed by atoms with Crippen molar-refractivity contribution in [3.63, 3.8) is 0 Å². The molecule has 1 saturated heterocycles. The molecule has 2 aromatic heterocycles. The molecule has 1 amide bonds. The number of sulfonamides is 1. The number of hydrogen-bond acceptors (Lipinski definition) is 7. The molecule has 3 heterocycles. The highest BCUT2D eigenvalue weighted by Gasteiger charge is 2.35. The summed E-state index contributed by atoms with van der Waals surface area (Å²) in [6, 6.07) is 7.50. The van der Waals surface area contributed by atoms with Gasteiger partial charge in [0.15, 0.2) is 0 Å². The minimum atomic E-state index is -3.66. The molecule has 9 nitrogen and oxygen atoms in total. The first-order valence-corrected chi connectivity index (χ1v) is 12.2. The van der Waals surface area contributed by atoms with Gasteiger partial charge in [-0.05, 0) is 45.7 Å². The first kappa shape index (κ1) is 21.6. The summed E-state index contributed by atoms with van der Waals surface area (Å²) >= 11 is 1.21. The van der Waals surface area contributed by atoms with Gasteiger partial charge in [0.2, 0.25) is 15.0 Å². The molecule has 0 bridgehead atoms. The molecule has 1 atom stereocenters. The number of piperidine rings is 1. The van der Waals surface area contributed by atoms with Crippen molar-refractivity contribution < 1.29 is 13.2 Å². The molecule has 3 aromatic rings. The van der Waals surface area contributed by atoms with E-state index >= 15 is 0 Å². The fraction of sp³-hybridized carbons (Fsp3) is 0.400. The maximum Gasteiger partial charge on any atom is 0.286 e. The first-order valence-electron chi connectivity index (χ1n) is 9.99. The zero-order valence-corrected chi connectivity index (χ0v) is 19.2. The fourth-order valence-corrected chi connectivity index (χ4v) is 6.44. The topological polar surface area (TPSA) is 121 Å². The Morgan fingerprint density at radius 1 is 1.19 bits per heavy atom. The molecule has 0 saturated carbocycles. The van der Waals surface area contributed by atoms with Crippen molar-refractivity contribution in [3.8, 4) is 0 Å². The number of aryl methyl sites for hydroxylation is 3. The summed E-state index contributed by atoms with van der Waals surface area (Å²) in [5, 5.41) is 18.8. The maximum absolute atomic E-state index is 13.2. The van der Waals surface area contributed by atoms with Crippen molar-refractivity contribution in [1.82, 2.24) is 24.7 Å². The Bertz CT molecular complexity index is 1180. The average Bonchev–Trinajstić information content (AvgIpc) is 3.37. The van der Waals surface area contributed by atoms with E-state index in [1.807, 2.05) is 31.2 Å². The number of carbonyl (C=O) groups excluding carboxylic acids is 1. The van der Waals surface area contributed by atoms with Gasteiger partial charge in [-0.25, -0.2) is 8.42 Å². The summed E-state index contributed by atoms with van der Waals surface area (Å²) in [5.74, 6) is -0.424. The smallest absolute Gasteiger partial charge is 0.286 e. The highest BCUT2D eigenvalue weighted by atomic mass is 32.2. The van der Waals surface area contributed by atoms with Crippen LogP contribution in [0.15, 0.2) is 29.2 Å². The zero-order valence-electron chi connectivity index (χ0n) is 17.5. The molecule has 1 aliphatic heterocycles. The highest BCUT2D eigenvalue weighted by Crippen LogP contribution is 2.33. The van der Waals surface area contributed by atoms with E-state index < -0.39 is 10.0 Å². The van der Waals surface area contributed by atoms with Gasteiger partial charge in [0.1, 0.15) is 9.90 Å². The van der Waals surface area contributed by atoms with Crippen LogP contribution in [0.5, 0.6) is 0 Å². The quantitative estimate of drug-likeness (QED) is 0.604. The summed E-state index contributed by atoms with van der Waals surface area (Å²) in [6.45, 7) is 6.12. The van der Waals surface area contributed by atoms with Crippen molar-refractivity contribution in [1.29, 1.82) is 0 Å². The molecule has 1 aliphatic rings. The number of carbonyl (C=O) groups is 1. The lowest BCUT2D eigenvalue weighted by Gasteiger charge is -2.30. The number of rotatable bonds is 5. The van der Waals surface area contributed by atoms with Crippen molar-refractivity contribution in [3.05, 3.63) is 51.2 Å². The minimum absolute atomic E-state index is 0.102. The van der Waals surface area contributed by atoms with Gasteiger partial charge in [0, 0.05) is 24.7 Å². The van der Waals surface area contributed by atoms with Crippen LogP contribution in [-0.2, 0) is 10.0 Å². The maximum atomic E-state index is 13.2. The van der Waals surface area contributed by atoms with Gasteiger partial charge in [0.25, 0.3) is 5.91 Å². The molecule has 1 fully saturated rings. The van der Waals surface area contributed by atoms with E-state index in [0.29, 0.717) is 41.6 Å². The summed E-state index contributed by atoms with van der Waals surface area (Å²) in [4.78, 5) is 12.8. The van der Waals surface area contributed by atoms with E-state index in [0.717, 1.165) is 12.0 Å². The monoisotopic (exact) mass is 460 g/mol. The molecule has 0 unspecified atom stereocenters. The molecular formula is C20H24N6O3S2. The normalized spacial score (nSPS) is 17.6. The number of anilines is 1. The van der Waals surface area contributed by atoms with Gasteiger partial charge in [0.05, 0.1) is 11.4 Å². The number of hydrogen-bond donors (Lipinski definition) is 2. The van der Waals surface area contributed by atoms with Crippen LogP contribution in [0.2, 0.25) is 0 Å². The highest BCUT2D eigenvalue weighted by molar-refractivity contribution is 7.89. The van der Waals surface area contributed by atoms with E-state index in [4.69, 9.17) is 0 Å². The van der Waals surface area contributed by atoms with Crippen LogP contribution in [0.3, 0.4) is 0 Å². The molecular weight excluding hydrogens is 436 g/mol. The predicted molar refractivity (Wildman–Crippen MR) is 118 cm³/mol. The molecule has 0 spiro atoms. The van der Waals surface area contributed by atoms with E-state index in [1.165, 1.54) is 15.6 Å². The lowest BCUT2D eigenvalue weighted by atomic mass is 10.0. The van der Waals surface area contributed by atoms with Crippen LogP contribution >= 0.6 is 11.3 Å².